The van der Waals surface area contributed by atoms with Crippen LogP contribution in [0.3, 0.4) is 0 Å². The predicted octanol–water partition coefficient (Wildman–Crippen LogP) is 3.29. The average molecular weight is 330 g/mol. The van der Waals surface area contributed by atoms with Crippen LogP contribution < -0.4 is 0 Å². The average Bonchev–Trinajstić information content (AvgIpc) is 2.89. The Kier molecular flexibility index (Phi) is 5.19. The number of carbonyl (C=O) groups is 2. The zero-order valence-corrected chi connectivity index (χ0v) is 15.8. The monoisotopic (exact) mass is 330 g/mol. The van der Waals surface area contributed by atoms with Crippen molar-refractivity contribution in [2.75, 3.05) is 20.6 Å². The summed E-state index contributed by atoms with van der Waals surface area (Å²) in [6.45, 7) is 8.38. The molecule has 24 heavy (non-hydrogen) atoms. The van der Waals surface area contributed by atoms with Gasteiger partial charge in [0.1, 0.15) is 6.04 Å². The molecule has 0 bridgehead atoms. The molecule has 2 rings (SSSR count). The molecule has 1 fully saturated rings. The molecule has 0 saturated carbocycles. The van der Waals surface area contributed by atoms with E-state index in [2.05, 4.69) is 0 Å². The van der Waals surface area contributed by atoms with Crippen molar-refractivity contribution in [3.8, 4) is 0 Å². The third-order valence-corrected chi connectivity index (χ3v) is 4.94. The number of benzene rings is 1. The Morgan fingerprint density at radius 2 is 1.75 bits per heavy atom. The van der Waals surface area contributed by atoms with Crippen LogP contribution in [0.4, 0.5) is 0 Å². The van der Waals surface area contributed by atoms with E-state index in [4.69, 9.17) is 0 Å². The van der Waals surface area contributed by atoms with Gasteiger partial charge in [0.05, 0.1) is 5.54 Å². The summed E-state index contributed by atoms with van der Waals surface area (Å²) in [4.78, 5) is 30.1. The fourth-order valence-electron chi connectivity index (χ4n) is 3.81. The van der Waals surface area contributed by atoms with Crippen LogP contribution in [-0.4, -0.2) is 47.7 Å². The van der Waals surface area contributed by atoms with Gasteiger partial charge in [0.2, 0.25) is 5.91 Å². The van der Waals surface area contributed by atoms with Gasteiger partial charge in [0.25, 0.3) is 0 Å². The zero-order chi connectivity index (χ0) is 18.1. The molecule has 4 heteroatoms. The minimum Gasteiger partial charge on any atom is -0.329 e. The fourth-order valence-corrected chi connectivity index (χ4v) is 3.81. The second kappa shape index (κ2) is 6.67. The van der Waals surface area contributed by atoms with Crippen LogP contribution in [0.1, 0.15) is 52.1 Å². The van der Waals surface area contributed by atoms with Crippen molar-refractivity contribution in [2.45, 2.75) is 52.1 Å². The lowest BCUT2D eigenvalue weighted by Crippen LogP contribution is -2.56. The largest absolute Gasteiger partial charge is 0.329 e. The Balaban J connectivity index is 2.37. The molecule has 1 saturated heterocycles. The predicted molar refractivity (Wildman–Crippen MR) is 96.7 cm³/mol. The molecular formula is C20H30N2O2. The summed E-state index contributed by atoms with van der Waals surface area (Å²) in [5.41, 5.74) is -0.207. The highest BCUT2D eigenvalue weighted by molar-refractivity contribution is 5.97. The van der Waals surface area contributed by atoms with Gasteiger partial charge in [0.15, 0.2) is 5.78 Å². The Labute approximate surface area is 145 Å². The van der Waals surface area contributed by atoms with Crippen molar-refractivity contribution in [3.05, 3.63) is 35.9 Å². The van der Waals surface area contributed by atoms with Crippen molar-refractivity contribution in [1.82, 2.24) is 9.80 Å². The molecule has 1 aromatic rings. The molecule has 0 aliphatic carbocycles. The van der Waals surface area contributed by atoms with E-state index < -0.39 is 11.0 Å². The molecule has 0 radical (unpaired) electrons. The summed E-state index contributed by atoms with van der Waals surface area (Å²) in [6, 6.07) is 9.43. The maximum Gasteiger partial charge on any atom is 0.245 e. The molecule has 1 amide bonds. The van der Waals surface area contributed by atoms with Gasteiger partial charge < -0.3 is 4.90 Å². The number of hydrogen-bond acceptors (Lipinski definition) is 3. The first-order valence-electron chi connectivity index (χ1n) is 8.67. The number of ketones is 1. The molecule has 0 N–H and O–H groups in total. The van der Waals surface area contributed by atoms with Crippen molar-refractivity contribution < 1.29 is 9.59 Å². The summed E-state index contributed by atoms with van der Waals surface area (Å²) >= 11 is 0. The highest BCUT2D eigenvalue weighted by atomic mass is 16.2. The van der Waals surface area contributed by atoms with Crippen LogP contribution in [-0.2, 0) is 9.59 Å². The Hall–Kier alpha value is -1.68. The first-order valence-corrected chi connectivity index (χ1v) is 8.67. The number of likely N-dealkylation sites (tertiary alicyclic amines) is 1. The van der Waals surface area contributed by atoms with Gasteiger partial charge in [-0.15, -0.1) is 0 Å². The van der Waals surface area contributed by atoms with Crippen LogP contribution >= 0.6 is 0 Å². The van der Waals surface area contributed by atoms with E-state index in [-0.39, 0.29) is 17.7 Å². The van der Waals surface area contributed by atoms with Crippen LogP contribution in [0.5, 0.6) is 0 Å². The highest BCUT2D eigenvalue weighted by Crippen LogP contribution is 2.38. The van der Waals surface area contributed by atoms with E-state index >= 15 is 0 Å². The van der Waals surface area contributed by atoms with Crippen LogP contribution in [0.15, 0.2) is 30.3 Å². The van der Waals surface area contributed by atoms with Crippen molar-refractivity contribution in [3.63, 3.8) is 0 Å². The quantitative estimate of drug-likeness (QED) is 0.850. The number of rotatable bonds is 4. The van der Waals surface area contributed by atoms with E-state index in [0.29, 0.717) is 6.54 Å². The molecular weight excluding hydrogens is 300 g/mol. The van der Waals surface area contributed by atoms with Gasteiger partial charge in [0, 0.05) is 12.0 Å². The molecule has 0 spiro atoms. The minimum absolute atomic E-state index is 0.0174. The number of amides is 1. The first kappa shape index (κ1) is 18.7. The summed E-state index contributed by atoms with van der Waals surface area (Å²) in [6.07, 6.45) is 1.61. The number of nitrogens with zero attached hydrogens (tertiary/aromatic N) is 2. The van der Waals surface area contributed by atoms with E-state index in [1.807, 2.05) is 81.9 Å². The Morgan fingerprint density at radius 3 is 2.25 bits per heavy atom. The molecule has 1 aromatic carbocycles. The molecule has 1 heterocycles. The lowest BCUT2D eigenvalue weighted by molar-refractivity contribution is -0.150. The summed E-state index contributed by atoms with van der Waals surface area (Å²) in [5, 5.41) is 0. The maximum absolute atomic E-state index is 13.4. The SMILES string of the molecule is CN(C)[C@@H](C(=O)N1CCC[C@@]1(C)C(=O)C(C)(C)C)c1ccccc1. The summed E-state index contributed by atoms with van der Waals surface area (Å²) in [5.74, 6) is 0.162. The lowest BCUT2D eigenvalue weighted by Gasteiger charge is -2.40. The summed E-state index contributed by atoms with van der Waals surface area (Å²) < 4.78 is 0. The number of carbonyl (C=O) groups excluding carboxylic acids is 2. The summed E-state index contributed by atoms with van der Waals surface area (Å²) in [7, 11) is 3.82. The lowest BCUT2D eigenvalue weighted by atomic mass is 9.77. The smallest absolute Gasteiger partial charge is 0.245 e. The second-order valence-corrected chi connectivity index (χ2v) is 8.22. The molecule has 132 valence electrons. The third-order valence-electron chi connectivity index (χ3n) is 4.94. The third kappa shape index (κ3) is 3.39. The maximum atomic E-state index is 13.4. The van der Waals surface area contributed by atoms with Gasteiger partial charge in [-0.3, -0.25) is 14.5 Å². The Morgan fingerprint density at radius 1 is 1.17 bits per heavy atom. The number of Topliss-reactive ketones (excluding diaryl/α,β-unsaturated/α-hetero) is 1. The molecule has 2 atom stereocenters. The Bertz CT molecular complexity index is 604. The minimum atomic E-state index is -0.710. The van der Waals surface area contributed by atoms with E-state index in [9.17, 15) is 9.59 Å². The van der Waals surface area contributed by atoms with Gasteiger partial charge >= 0.3 is 0 Å². The van der Waals surface area contributed by atoms with E-state index in [1.54, 1.807) is 0 Å². The number of likely N-dealkylation sites (N-methyl/N-ethyl adjacent to an activating group) is 1. The normalized spacial score (nSPS) is 22.7. The van der Waals surface area contributed by atoms with E-state index in [1.165, 1.54) is 0 Å². The van der Waals surface area contributed by atoms with Crippen LogP contribution in [0, 0.1) is 5.41 Å². The number of hydrogen-bond donors (Lipinski definition) is 0. The molecule has 0 unspecified atom stereocenters. The standard InChI is InChI=1S/C20H30N2O2/c1-19(2,3)18(24)20(4)13-10-14-22(20)17(23)16(21(5)6)15-11-8-7-9-12-15/h7-9,11-12,16H,10,13-14H2,1-6H3/t16-,20+/m1/s1. The molecule has 1 aliphatic heterocycles. The molecule has 0 aromatic heterocycles. The molecule has 4 nitrogen and oxygen atoms in total. The van der Waals surface area contributed by atoms with Crippen molar-refractivity contribution in [2.24, 2.45) is 5.41 Å². The van der Waals surface area contributed by atoms with Gasteiger partial charge in [-0.1, -0.05) is 51.1 Å². The first-order chi connectivity index (χ1) is 11.1. The highest BCUT2D eigenvalue weighted by Gasteiger charge is 2.50. The van der Waals surface area contributed by atoms with Gasteiger partial charge in [-0.25, -0.2) is 0 Å². The van der Waals surface area contributed by atoms with Gasteiger partial charge in [-0.05, 0) is 39.4 Å². The molecule has 1 aliphatic rings. The van der Waals surface area contributed by atoms with Crippen LogP contribution in [0.25, 0.3) is 0 Å². The van der Waals surface area contributed by atoms with Gasteiger partial charge in [-0.2, -0.15) is 0 Å². The van der Waals surface area contributed by atoms with E-state index in [0.717, 1.165) is 18.4 Å². The zero-order valence-electron chi connectivity index (χ0n) is 15.8. The van der Waals surface area contributed by atoms with Crippen LogP contribution in [0.2, 0.25) is 0 Å². The van der Waals surface area contributed by atoms with Crippen molar-refractivity contribution in [1.29, 1.82) is 0 Å². The topological polar surface area (TPSA) is 40.6 Å². The van der Waals surface area contributed by atoms with Crippen molar-refractivity contribution >= 4 is 11.7 Å². The fraction of sp³-hybridized carbons (Fsp3) is 0.600. The second-order valence-electron chi connectivity index (χ2n) is 8.22.